The van der Waals surface area contributed by atoms with Crippen LogP contribution in [0.2, 0.25) is 0 Å². The third-order valence-corrected chi connectivity index (χ3v) is 6.35. The van der Waals surface area contributed by atoms with Gasteiger partial charge < -0.3 is 23.5 Å². The zero-order valence-corrected chi connectivity index (χ0v) is 21.5. The lowest BCUT2D eigenvalue weighted by atomic mass is 10.2. The van der Waals surface area contributed by atoms with Gasteiger partial charge in [0.05, 0.1) is 12.2 Å². The Morgan fingerprint density at radius 1 is 1.03 bits per heavy atom. The molecule has 0 N–H and O–H groups in total. The standard InChI is InChI=1S/C26H29N2O8P/c1-37(2,32)18-34-23-15-21(35-25(30)20-11-7-4-8-12-20)24(36-23)27-14-13-22(29)28(26(27)31)17-33-16-19-9-5-3-6-10-19/h3-14,21,23-24H,15-18H2,1-2H3/t21-,23+,24+/m0/s1. The van der Waals surface area contributed by atoms with Gasteiger partial charge in [-0.15, -0.1) is 0 Å². The van der Waals surface area contributed by atoms with E-state index in [2.05, 4.69) is 0 Å². The van der Waals surface area contributed by atoms with E-state index in [9.17, 15) is 18.9 Å². The molecule has 4 rings (SSSR count). The molecule has 2 aromatic carbocycles. The Bertz CT molecular complexity index is 1370. The molecule has 11 heteroatoms. The van der Waals surface area contributed by atoms with Crippen molar-refractivity contribution >= 4 is 13.1 Å². The number of benzene rings is 2. The van der Waals surface area contributed by atoms with E-state index in [4.69, 9.17) is 18.9 Å². The molecule has 0 unspecified atom stereocenters. The fourth-order valence-electron chi connectivity index (χ4n) is 3.78. The molecule has 0 amide bonds. The Morgan fingerprint density at radius 2 is 1.70 bits per heavy atom. The van der Waals surface area contributed by atoms with Crippen molar-refractivity contribution in [2.24, 2.45) is 0 Å². The van der Waals surface area contributed by atoms with Crippen molar-refractivity contribution in [2.75, 3.05) is 19.7 Å². The van der Waals surface area contributed by atoms with Crippen LogP contribution >= 0.6 is 7.14 Å². The highest BCUT2D eigenvalue weighted by atomic mass is 31.2. The van der Waals surface area contributed by atoms with Gasteiger partial charge in [0.15, 0.2) is 18.6 Å². The van der Waals surface area contributed by atoms with E-state index >= 15 is 0 Å². The molecule has 3 aromatic rings. The molecule has 1 saturated heterocycles. The fourth-order valence-corrected chi connectivity index (χ4v) is 4.30. The van der Waals surface area contributed by atoms with Crippen molar-refractivity contribution < 1.29 is 28.3 Å². The monoisotopic (exact) mass is 528 g/mol. The van der Waals surface area contributed by atoms with Gasteiger partial charge in [0, 0.05) is 18.7 Å². The Hall–Kier alpha value is -3.30. The maximum absolute atomic E-state index is 13.3. The zero-order valence-electron chi connectivity index (χ0n) is 20.6. The first kappa shape index (κ1) is 26.8. The van der Waals surface area contributed by atoms with Crippen molar-refractivity contribution in [1.82, 2.24) is 9.13 Å². The Kier molecular flexibility index (Phi) is 8.56. The number of hydrogen-bond donors (Lipinski definition) is 0. The molecule has 10 nitrogen and oxygen atoms in total. The number of nitrogens with zero attached hydrogens (tertiary/aromatic N) is 2. The second kappa shape index (κ2) is 11.8. The molecule has 2 heterocycles. The first-order valence-electron chi connectivity index (χ1n) is 11.7. The molecule has 196 valence electrons. The molecule has 0 spiro atoms. The van der Waals surface area contributed by atoms with Crippen LogP contribution in [-0.2, 0) is 36.9 Å². The first-order chi connectivity index (χ1) is 17.7. The number of hydrogen-bond acceptors (Lipinski definition) is 8. The summed E-state index contributed by atoms with van der Waals surface area (Å²) in [6.45, 7) is 3.11. The first-order valence-corrected chi connectivity index (χ1v) is 14.5. The van der Waals surface area contributed by atoms with Crippen LogP contribution in [0.3, 0.4) is 0 Å². The van der Waals surface area contributed by atoms with E-state index in [1.807, 2.05) is 30.3 Å². The molecule has 0 saturated carbocycles. The van der Waals surface area contributed by atoms with E-state index in [0.29, 0.717) is 5.56 Å². The average molecular weight is 528 g/mol. The van der Waals surface area contributed by atoms with Gasteiger partial charge >= 0.3 is 11.7 Å². The summed E-state index contributed by atoms with van der Waals surface area (Å²) in [6.07, 6.45) is -1.48. The number of rotatable bonds is 10. The van der Waals surface area contributed by atoms with Gasteiger partial charge in [0.2, 0.25) is 0 Å². The van der Waals surface area contributed by atoms with Crippen molar-refractivity contribution in [3.63, 3.8) is 0 Å². The normalized spacial score (nSPS) is 19.6. The molecule has 0 aliphatic carbocycles. The van der Waals surface area contributed by atoms with Crippen LogP contribution in [0, 0.1) is 0 Å². The van der Waals surface area contributed by atoms with Gasteiger partial charge in [-0.1, -0.05) is 48.5 Å². The molecule has 1 aliphatic rings. The lowest BCUT2D eigenvalue weighted by Gasteiger charge is -2.21. The van der Waals surface area contributed by atoms with E-state index in [-0.39, 0.29) is 26.1 Å². The maximum atomic E-state index is 13.3. The van der Waals surface area contributed by atoms with Crippen molar-refractivity contribution in [1.29, 1.82) is 0 Å². The minimum Gasteiger partial charge on any atom is -0.454 e. The van der Waals surface area contributed by atoms with Gasteiger partial charge in [-0.3, -0.25) is 9.36 Å². The Balaban J connectivity index is 1.56. The number of esters is 1. The minimum atomic E-state index is -2.51. The molecule has 0 bridgehead atoms. The molecule has 1 fully saturated rings. The topological polar surface area (TPSA) is 115 Å². The summed E-state index contributed by atoms with van der Waals surface area (Å²) in [5, 5.41) is 0. The smallest absolute Gasteiger partial charge is 0.338 e. The summed E-state index contributed by atoms with van der Waals surface area (Å²) in [5.74, 6) is -0.593. The van der Waals surface area contributed by atoms with E-state index in [1.54, 1.807) is 43.7 Å². The van der Waals surface area contributed by atoms with Gasteiger partial charge in [0.1, 0.15) is 20.2 Å². The van der Waals surface area contributed by atoms with Gasteiger partial charge in [-0.25, -0.2) is 14.2 Å². The largest absolute Gasteiger partial charge is 0.454 e. The van der Waals surface area contributed by atoms with Crippen molar-refractivity contribution in [3.8, 4) is 0 Å². The third-order valence-electron chi connectivity index (χ3n) is 5.57. The fraction of sp³-hybridized carbons (Fsp3) is 0.346. The van der Waals surface area contributed by atoms with Crippen LogP contribution in [0.15, 0.2) is 82.5 Å². The lowest BCUT2D eigenvalue weighted by molar-refractivity contribution is -0.146. The maximum Gasteiger partial charge on any atom is 0.338 e. The molecular formula is C26H29N2O8P. The van der Waals surface area contributed by atoms with Gasteiger partial charge in [0.25, 0.3) is 5.56 Å². The highest BCUT2D eigenvalue weighted by Gasteiger charge is 2.41. The predicted molar refractivity (Wildman–Crippen MR) is 136 cm³/mol. The van der Waals surface area contributed by atoms with Gasteiger partial charge in [-0.2, -0.15) is 0 Å². The number of aromatic nitrogens is 2. The summed E-state index contributed by atoms with van der Waals surface area (Å²) >= 11 is 0. The van der Waals surface area contributed by atoms with Crippen molar-refractivity contribution in [3.05, 3.63) is 105 Å². The summed E-state index contributed by atoms with van der Waals surface area (Å²) in [4.78, 5) is 38.5. The minimum absolute atomic E-state index is 0.0362. The molecule has 1 aliphatic heterocycles. The van der Waals surface area contributed by atoms with Crippen LogP contribution in [0.25, 0.3) is 0 Å². The number of carbonyl (C=O) groups excluding carboxylic acids is 1. The summed E-state index contributed by atoms with van der Waals surface area (Å²) in [6, 6.07) is 19.0. The SMILES string of the molecule is CP(C)(=O)CO[C@H]1C[C@H](OC(=O)c2ccccc2)[C@H](n2ccc(=O)n(COCc3ccccc3)c2=O)O1. The summed E-state index contributed by atoms with van der Waals surface area (Å²) < 4.78 is 37.1. The van der Waals surface area contributed by atoms with E-state index in [1.165, 1.54) is 16.8 Å². The van der Waals surface area contributed by atoms with E-state index < -0.39 is 43.0 Å². The van der Waals surface area contributed by atoms with Crippen LogP contribution in [-0.4, -0.2) is 47.2 Å². The highest BCUT2D eigenvalue weighted by molar-refractivity contribution is 7.62. The van der Waals surface area contributed by atoms with Crippen LogP contribution in [0.1, 0.15) is 28.6 Å². The second-order valence-corrected chi connectivity index (χ2v) is 12.5. The molecule has 0 radical (unpaired) electrons. The number of ether oxygens (including phenoxy) is 4. The molecule has 3 atom stereocenters. The van der Waals surface area contributed by atoms with Crippen LogP contribution in [0.4, 0.5) is 0 Å². The average Bonchev–Trinajstić information content (AvgIpc) is 3.28. The van der Waals surface area contributed by atoms with Crippen LogP contribution < -0.4 is 11.2 Å². The number of carbonyl (C=O) groups is 1. The van der Waals surface area contributed by atoms with Crippen LogP contribution in [0.5, 0.6) is 0 Å². The quantitative estimate of drug-likeness (QED) is 0.291. The summed E-state index contributed by atoms with van der Waals surface area (Å²) in [7, 11) is -2.51. The predicted octanol–water partition coefficient (Wildman–Crippen LogP) is 3.25. The Labute approximate surface area is 213 Å². The molecule has 1 aromatic heterocycles. The molecular weight excluding hydrogens is 499 g/mol. The summed E-state index contributed by atoms with van der Waals surface area (Å²) in [5.41, 5.74) is -0.00807. The van der Waals surface area contributed by atoms with Gasteiger partial charge in [-0.05, 0) is 31.0 Å². The van der Waals surface area contributed by atoms with Crippen molar-refractivity contribution in [2.45, 2.75) is 38.4 Å². The lowest BCUT2D eigenvalue weighted by Crippen LogP contribution is -2.43. The zero-order chi connectivity index (χ0) is 26.4. The third kappa shape index (κ3) is 7.14. The second-order valence-electron chi connectivity index (χ2n) is 9.11. The highest BCUT2D eigenvalue weighted by Crippen LogP contribution is 2.39. The Morgan fingerprint density at radius 3 is 2.38 bits per heavy atom. The molecule has 37 heavy (non-hydrogen) atoms. The van der Waals surface area contributed by atoms with E-state index in [0.717, 1.165) is 10.1 Å².